The van der Waals surface area contributed by atoms with Crippen molar-refractivity contribution in [2.75, 3.05) is 18.1 Å². The van der Waals surface area contributed by atoms with Crippen LogP contribution in [0, 0.1) is 0 Å². The third-order valence-electron chi connectivity index (χ3n) is 2.57. The summed E-state index contributed by atoms with van der Waals surface area (Å²) in [6.45, 7) is 1.10. The molecule has 1 aromatic heterocycles. The molecule has 1 aromatic rings. The van der Waals surface area contributed by atoms with Crippen LogP contribution in [0.1, 0.15) is 12.8 Å². The lowest BCUT2D eigenvalue weighted by Gasteiger charge is -2.30. The summed E-state index contributed by atoms with van der Waals surface area (Å²) in [4.78, 5) is 12.9. The molecule has 0 bridgehead atoms. The average molecular weight is 227 g/mol. The third-order valence-corrected chi connectivity index (χ3v) is 2.57. The van der Waals surface area contributed by atoms with Gasteiger partial charge in [-0.25, -0.2) is 4.79 Å². The van der Waals surface area contributed by atoms with E-state index in [1.54, 1.807) is 0 Å². The molecule has 1 aliphatic rings. The van der Waals surface area contributed by atoms with Gasteiger partial charge < -0.3 is 15.1 Å². The summed E-state index contributed by atoms with van der Waals surface area (Å²) in [6, 6.07) is 1.32. The Hall–Kier alpha value is -1.76. The van der Waals surface area contributed by atoms with Gasteiger partial charge in [-0.1, -0.05) is 0 Å². The van der Waals surface area contributed by atoms with E-state index in [4.69, 9.17) is 15.1 Å². The maximum absolute atomic E-state index is 11.2. The lowest BCUT2D eigenvalue weighted by Crippen LogP contribution is -2.43. The van der Waals surface area contributed by atoms with E-state index < -0.39 is 6.09 Å². The first-order chi connectivity index (χ1) is 7.68. The largest absolute Gasteiger partial charge is 0.465 e. The number of hydrogen-bond donors (Lipinski definition) is 2. The van der Waals surface area contributed by atoms with Crippen LogP contribution in [-0.2, 0) is 4.74 Å². The molecule has 1 saturated heterocycles. The Bertz CT molecular complexity index is 373. The normalized spacial score (nSPS) is 17.2. The minimum atomic E-state index is -1.06. The number of rotatable bonds is 2. The molecule has 0 aliphatic carbocycles. The van der Waals surface area contributed by atoms with E-state index in [-0.39, 0.29) is 11.9 Å². The molecule has 0 atom stereocenters. The summed E-state index contributed by atoms with van der Waals surface area (Å²) in [5.41, 5.74) is 0. The van der Waals surface area contributed by atoms with Crippen LogP contribution in [0.25, 0.3) is 0 Å². The fourth-order valence-electron chi connectivity index (χ4n) is 1.82. The van der Waals surface area contributed by atoms with E-state index in [9.17, 15) is 4.79 Å². The van der Waals surface area contributed by atoms with Gasteiger partial charge in [0.1, 0.15) is 0 Å². The van der Waals surface area contributed by atoms with Crippen molar-refractivity contribution in [1.82, 2.24) is 9.94 Å². The number of aromatic nitrogens is 2. The van der Waals surface area contributed by atoms with Crippen LogP contribution in [-0.4, -0.2) is 45.6 Å². The molecule has 88 valence electrons. The smallest absolute Gasteiger partial charge is 0.413 e. The van der Waals surface area contributed by atoms with Crippen LogP contribution in [0.15, 0.2) is 12.3 Å². The highest BCUT2D eigenvalue weighted by Crippen LogP contribution is 2.21. The van der Waals surface area contributed by atoms with Gasteiger partial charge in [-0.3, -0.25) is 4.90 Å². The highest BCUT2D eigenvalue weighted by atomic mass is 16.5. The van der Waals surface area contributed by atoms with Gasteiger partial charge in [0.05, 0.1) is 6.20 Å². The van der Waals surface area contributed by atoms with E-state index >= 15 is 0 Å². The summed E-state index contributed by atoms with van der Waals surface area (Å²) < 4.78 is 5.18. The van der Waals surface area contributed by atoms with Crippen LogP contribution in [0.4, 0.5) is 10.6 Å². The zero-order valence-corrected chi connectivity index (χ0v) is 8.61. The van der Waals surface area contributed by atoms with Crippen molar-refractivity contribution in [3.63, 3.8) is 0 Å². The Labute approximate surface area is 91.8 Å². The van der Waals surface area contributed by atoms with Gasteiger partial charge in [-0.05, 0) is 12.8 Å². The molecule has 7 nitrogen and oxygen atoms in total. The number of anilines is 1. The van der Waals surface area contributed by atoms with Crippen LogP contribution in [0.5, 0.6) is 0 Å². The van der Waals surface area contributed by atoms with Crippen LogP contribution < -0.4 is 4.90 Å². The standard InChI is InChI=1S/C9H13N3O4/c13-9(14)12(7-2-5-16-6-3-7)8-1-4-11(15)10-8/h1,4,7,15H,2-3,5-6H2,(H,13,14). The van der Waals surface area contributed by atoms with Gasteiger partial charge in [0.15, 0.2) is 5.82 Å². The predicted octanol–water partition coefficient (Wildman–Crippen LogP) is 0.784. The van der Waals surface area contributed by atoms with E-state index in [0.29, 0.717) is 30.9 Å². The van der Waals surface area contributed by atoms with Crippen molar-refractivity contribution in [2.24, 2.45) is 0 Å². The molecule has 2 heterocycles. The third kappa shape index (κ3) is 2.08. The Morgan fingerprint density at radius 3 is 2.75 bits per heavy atom. The average Bonchev–Trinajstić information content (AvgIpc) is 2.66. The summed E-state index contributed by atoms with van der Waals surface area (Å²) in [5, 5.41) is 21.9. The molecule has 7 heteroatoms. The summed E-state index contributed by atoms with van der Waals surface area (Å²) in [6.07, 6.45) is 1.52. The minimum Gasteiger partial charge on any atom is -0.465 e. The number of carboxylic acid groups (broad SMARTS) is 1. The summed E-state index contributed by atoms with van der Waals surface area (Å²) in [5.74, 6) is 0.238. The summed E-state index contributed by atoms with van der Waals surface area (Å²) in [7, 11) is 0. The van der Waals surface area contributed by atoms with Gasteiger partial charge in [-0.15, -0.1) is 9.94 Å². The second-order valence-corrected chi connectivity index (χ2v) is 3.59. The number of ether oxygens (including phenoxy) is 1. The maximum Gasteiger partial charge on any atom is 0.413 e. The quantitative estimate of drug-likeness (QED) is 0.729. The van der Waals surface area contributed by atoms with Gasteiger partial charge >= 0.3 is 6.09 Å². The van der Waals surface area contributed by atoms with Gasteiger partial charge in [0, 0.05) is 25.3 Å². The van der Waals surface area contributed by atoms with Crippen molar-refractivity contribution < 1.29 is 19.8 Å². The second kappa shape index (κ2) is 4.40. The zero-order chi connectivity index (χ0) is 11.5. The number of nitrogens with zero attached hydrogens (tertiary/aromatic N) is 3. The first kappa shape index (κ1) is 10.7. The molecular weight excluding hydrogens is 214 g/mol. The van der Waals surface area contributed by atoms with E-state index in [0.717, 1.165) is 0 Å². The van der Waals surface area contributed by atoms with Gasteiger partial charge in [-0.2, -0.15) is 0 Å². The molecule has 0 aromatic carbocycles. The first-order valence-corrected chi connectivity index (χ1v) is 5.03. The molecule has 1 amide bonds. The highest BCUT2D eigenvalue weighted by Gasteiger charge is 2.28. The fourth-order valence-corrected chi connectivity index (χ4v) is 1.82. The van der Waals surface area contributed by atoms with Crippen molar-refractivity contribution >= 4 is 11.9 Å². The van der Waals surface area contributed by atoms with Gasteiger partial charge in [0.25, 0.3) is 0 Å². The summed E-state index contributed by atoms with van der Waals surface area (Å²) >= 11 is 0. The van der Waals surface area contributed by atoms with Crippen molar-refractivity contribution in [1.29, 1.82) is 0 Å². The first-order valence-electron chi connectivity index (χ1n) is 5.03. The molecule has 1 aliphatic heterocycles. The van der Waals surface area contributed by atoms with Crippen molar-refractivity contribution in [2.45, 2.75) is 18.9 Å². The maximum atomic E-state index is 11.2. The zero-order valence-electron chi connectivity index (χ0n) is 8.61. The molecule has 2 N–H and O–H groups in total. The van der Waals surface area contributed by atoms with Crippen molar-refractivity contribution in [3.05, 3.63) is 12.3 Å². The monoisotopic (exact) mass is 227 g/mol. The molecule has 0 unspecified atom stereocenters. The highest BCUT2D eigenvalue weighted by molar-refractivity contribution is 5.85. The number of hydrogen-bond acceptors (Lipinski definition) is 4. The van der Waals surface area contributed by atoms with E-state index in [1.165, 1.54) is 17.2 Å². The predicted molar refractivity (Wildman–Crippen MR) is 53.8 cm³/mol. The van der Waals surface area contributed by atoms with Gasteiger partial charge in [0.2, 0.25) is 0 Å². The Kier molecular flexibility index (Phi) is 2.95. The van der Waals surface area contributed by atoms with Crippen LogP contribution in [0.2, 0.25) is 0 Å². The lowest BCUT2D eigenvalue weighted by atomic mass is 10.1. The molecule has 0 saturated carbocycles. The van der Waals surface area contributed by atoms with E-state index in [2.05, 4.69) is 5.10 Å². The second-order valence-electron chi connectivity index (χ2n) is 3.59. The number of amides is 1. The van der Waals surface area contributed by atoms with Crippen LogP contribution in [0.3, 0.4) is 0 Å². The number of carbonyl (C=O) groups is 1. The topological polar surface area (TPSA) is 87.8 Å². The molecule has 0 spiro atoms. The van der Waals surface area contributed by atoms with E-state index in [1.807, 2.05) is 0 Å². The Balaban J connectivity index is 2.19. The lowest BCUT2D eigenvalue weighted by molar-refractivity contribution is 0.0834. The molecule has 2 rings (SSSR count). The Morgan fingerprint density at radius 2 is 2.25 bits per heavy atom. The fraction of sp³-hybridized carbons (Fsp3) is 0.556. The SMILES string of the molecule is O=C(O)N(c1ccn(O)n1)C1CCOCC1. The molecule has 16 heavy (non-hydrogen) atoms. The Morgan fingerprint density at radius 1 is 1.56 bits per heavy atom. The molecule has 0 radical (unpaired) electrons. The van der Waals surface area contributed by atoms with Crippen LogP contribution >= 0.6 is 0 Å². The minimum absolute atomic E-state index is 0.138. The molecule has 1 fully saturated rings. The molecular formula is C9H13N3O4. The van der Waals surface area contributed by atoms with Crippen molar-refractivity contribution in [3.8, 4) is 0 Å².